The van der Waals surface area contributed by atoms with Gasteiger partial charge in [0.15, 0.2) is 5.78 Å². The third-order valence-electron chi connectivity index (χ3n) is 9.03. The summed E-state index contributed by atoms with van der Waals surface area (Å²) in [5.74, 6) is 0.813. The minimum atomic E-state index is -1.49. The number of rotatable bonds is 2. The zero-order valence-corrected chi connectivity index (χ0v) is 16.4. The molecule has 0 bridgehead atoms. The molecule has 4 rings (SSSR count). The molecule has 0 saturated heterocycles. The van der Waals surface area contributed by atoms with Crippen LogP contribution in [-0.2, 0) is 4.79 Å². The van der Waals surface area contributed by atoms with E-state index in [2.05, 4.69) is 19.9 Å². The van der Waals surface area contributed by atoms with Gasteiger partial charge in [-0.05, 0) is 74.0 Å². The van der Waals surface area contributed by atoms with E-state index in [-0.39, 0.29) is 17.3 Å². The van der Waals surface area contributed by atoms with E-state index in [0.717, 1.165) is 25.7 Å². The summed E-state index contributed by atoms with van der Waals surface area (Å²) in [6.07, 6.45) is 8.09. The van der Waals surface area contributed by atoms with E-state index in [9.17, 15) is 20.1 Å². The van der Waals surface area contributed by atoms with E-state index in [1.807, 2.05) is 6.92 Å². The normalized spacial score (nSPS) is 53.3. The molecule has 0 radical (unpaired) electrons. The SMILES string of the molecule is C[C@H]1C[C@@H]2[C@H]([C@@H](O)C[C@@]3(C)[C@H]2CC[C@]3(O)C(=O)CO)[C@@]2(C)CCCC=C12. The Hall–Kier alpha value is -0.710. The van der Waals surface area contributed by atoms with E-state index in [0.29, 0.717) is 24.7 Å². The summed E-state index contributed by atoms with van der Waals surface area (Å²) >= 11 is 0. The lowest BCUT2D eigenvalue weighted by Crippen LogP contribution is -2.62. The van der Waals surface area contributed by atoms with Crippen molar-refractivity contribution in [2.24, 2.45) is 34.5 Å². The van der Waals surface area contributed by atoms with Crippen molar-refractivity contribution in [3.8, 4) is 0 Å². The Morgan fingerprint density at radius 3 is 2.73 bits per heavy atom. The number of fused-ring (bicyclic) bond motifs is 5. The van der Waals surface area contributed by atoms with Crippen molar-refractivity contribution in [3.05, 3.63) is 11.6 Å². The van der Waals surface area contributed by atoms with E-state index in [1.54, 1.807) is 0 Å². The van der Waals surface area contributed by atoms with Crippen molar-refractivity contribution < 1.29 is 20.1 Å². The molecular formula is C22H34O4. The Kier molecular flexibility index (Phi) is 4.22. The van der Waals surface area contributed by atoms with Crippen molar-refractivity contribution >= 4 is 5.78 Å². The van der Waals surface area contributed by atoms with Crippen LogP contribution in [0.3, 0.4) is 0 Å². The Labute approximate surface area is 156 Å². The van der Waals surface area contributed by atoms with E-state index in [1.165, 1.54) is 12.0 Å². The van der Waals surface area contributed by atoms with Crippen LogP contribution in [0.2, 0.25) is 0 Å². The lowest BCUT2D eigenvalue weighted by molar-refractivity contribution is -0.184. The fraction of sp³-hybridized carbons (Fsp3) is 0.864. The van der Waals surface area contributed by atoms with Gasteiger partial charge >= 0.3 is 0 Å². The van der Waals surface area contributed by atoms with Gasteiger partial charge in [-0.2, -0.15) is 0 Å². The largest absolute Gasteiger partial charge is 0.393 e. The van der Waals surface area contributed by atoms with Crippen molar-refractivity contribution in [2.45, 2.75) is 77.4 Å². The highest BCUT2D eigenvalue weighted by Gasteiger charge is 2.68. The molecule has 0 aromatic carbocycles. The lowest BCUT2D eigenvalue weighted by atomic mass is 9.44. The molecule has 26 heavy (non-hydrogen) atoms. The number of carbonyl (C=O) groups excluding carboxylic acids is 1. The monoisotopic (exact) mass is 362 g/mol. The number of allylic oxidation sites excluding steroid dienone is 2. The maximum absolute atomic E-state index is 12.4. The van der Waals surface area contributed by atoms with Gasteiger partial charge in [0.2, 0.25) is 0 Å². The number of aliphatic hydroxyl groups excluding tert-OH is 2. The molecule has 8 atom stereocenters. The van der Waals surface area contributed by atoms with Crippen LogP contribution in [0.5, 0.6) is 0 Å². The summed E-state index contributed by atoms with van der Waals surface area (Å²) in [5, 5.41) is 32.0. The highest BCUT2D eigenvalue weighted by atomic mass is 16.3. The Balaban J connectivity index is 1.76. The van der Waals surface area contributed by atoms with Gasteiger partial charge in [-0.1, -0.05) is 32.4 Å². The number of carbonyl (C=O) groups is 1. The molecule has 0 aromatic heterocycles. The number of aliphatic hydroxyl groups is 3. The van der Waals surface area contributed by atoms with Gasteiger partial charge in [0.05, 0.1) is 6.10 Å². The topological polar surface area (TPSA) is 77.8 Å². The highest BCUT2D eigenvalue weighted by Crippen LogP contribution is 2.68. The zero-order chi connectivity index (χ0) is 18.9. The minimum absolute atomic E-state index is 0.0447. The number of hydrogen-bond donors (Lipinski definition) is 3. The Morgan fingerprint density at radius 1 is 1.31 bits per heavy atom. The molecule has 0 aromatic rings. The smallest absolute Gasteiger partial charge is 0.190 e. The minimum Gasteiger partial charge on any atom is -0.393 e. The van der Waals surface area contributed by atoms with Crippen molar-refractivity contribution in [2.75, 3.05) is 6.61 Å². The van der Waals surface area contributed by atoms with Crippen molar-refractivity contribution in [1.29, 1.82) is 0 Å². The first-order valence-corrected chi connectivity index (χ1v) is 10.4. The first-order chi connectivity index (χ1) is 12.2. The standard InChI is InChI=1S/C22H34O4/c1-13-10-14-16-7-9-22(26,18(25)12-23)21(16,3)11-17(24)19(14)20(2)8-5-4-6-15(13)20/h6,13-14,16-17,19,23-24,26H,4-5,7-12H2,1-3H3/t13-,14-,16-,17-,19+,20-,21-,22-/m0/s1. The van der Waals surface area contributed by atoms with Crippen LogP contribution in [-0.4, -0.2) is 39.4 Å². The fourth-order valence-electron chi connectivity index (χ4n) is 7.94. The molecular weight excluding hydrogens is 328 g/mol. The quantitative estimate of drug-likeness (QED) is 0.660. The maximum atomic E-state index is 12.4. The molecule has 146 valence electrons. The molecule has 3 saturated carbocycles. The average molecular weight is 363 g/mol. The van der Waals surface area contributed by atoms with Crippen molar-refractivity contribution in [1.82, 2.24) is 0 Å². The van der Waals surface area contributed by atoms with Crippen molar-refractivity contribution in [3.63, 3.8) is 0 Å². The molecule has 4 nitrogen and oxygen atoms in total. The predicted molar refractivity (Wildman–Crippen MR) is 99.3 cm³/mol. The molecule has 0 amide bonds. The summed E-state index contributed by atoms with van der Waals surface area (Å²) in [4.78, 5) is 12.4. The van der Waals surface area contributed by atoms with Gasteiger partial charge in [0, 0.05) is 5.41 Å². The van der Waals surface area contributed by atoms with E-state index in [4.69, 9.17) is 0 Å². The summed E-state index contributed by atoms with van der Waals surface area (Å²) in [7, 11) is 0. The zero-order valence-electron chi connectivity index (χ0n) is 16.4. The molecule has 0 unspecified atom stereocenters. The predicted octanol–water partition coefficient (Wildman–Crippen LogP) is 2.85. The molecule has 0 heterocycles. The average Bonchev–Trinajstić information content (AvgIpc) is 2.86. The van der Waals surface area contributed by atoms with Gasteiger partial charge < -0.3 is 15.3 Å². The van der Waals surface area contributed by atoms with Gasteiger partial charge in [0.25, 0.3) is 0 Å². The molecule has 3 N–H and O–H groups in total. The second-order valence-electron chi connectivity index (χ2n) is 10.1. The van der Waals surface area contributed by atoms with Crippen LogP contribution in [0.25, 0.3) is 0 Å². The van der Waals surface area contributed by atoms with Gasteiger partial charge in [0.1, 0.15) is 12.2 Å². The molecule has 4 heteroatoms. The number of ketones is 1. The lowest BCUT2D eigenvalue weighted by Gasteiger charge is -2.62. The second kappa shape index (κ2) is 5.89. The third kappa shape index (κ3) is 2.15. The summed E-state index contributed by atoms with van der Waals surface area (Å²) < 4.78 is 0. The first-order valence-electron chi connectivity index (χ1n) is 10.4. The maximum Gasteiger partial charge on any atom is 0.190 e. The molecule has 3 fully saturated rings. The summed E-state index contributed by atoms with van der Waals surface area (Å²) in [6, 6.07) is 0. The van der Waals surface area contributed by atoms with Crippen LogP contribution >= 0.6 is 0 Å². The van der Waals surface area contributed by atoms with Gasteiger partial charge in [-0.3, -0.25) is 4.79 Å². The molecule has 4 aliphatic carbocycles. The summed E-state index contributed by atoms with van der Waals surface area (Å²) in [5.41, 5.74) is -0.555. The van der Waals surface area contributed by atoms with E-state index < -0.39 is 29.5 Å². The fourth-order valence-corrected chi connectivity index (χ4v) is 7.94. The van der Waals surface area contributed by atoms with Crippen LogP contribution < -0.4 is 0 Å². The van der Waals surface area contributed by atoms with Gasteiger partial charge in [-0.25, -0.2) is 0 Å². The van der Waals surface area contributed by atoms with Crippen LogP contribution in [0.15, 0.2) is 11.6 Å². The van der Waals surface area contributed by atoms with Crippen LogP contribution in [0.1, 0.15) is 65.7 Å². The Bertz CT molecular complexity index is 642. The number of Topliss-reactive ketones (excluding diaryl/α,β-unsaturated/α-hetero) is 1. The van der Waals surface area contributed by atoms with Crippen LogP contribution in [0, 0.1) is 34.5 Å². The molecule has 0 aliphatic heterocycles. The number of hydrogen-bond acceptors (Lipinski definition) is 4. The second-order valence-corrected chi connectivity index (χ2v) is 10.1. The first kappa shape index (κ1) is 18.6. The molecule has 0 spiro atoms. The van der Waals surface area contributed by atoms with Crippen LogP contribution in [0.4, 0.5) is 0 Å². The molecule has 4 aliphatic rings. The highest BCUT2D eigenvalue weighted by molar-refractivity contribution is 5.89. The van der Waals surface area contributed by atoms with Gasteiger partial charge in [-0.15, -0.1) is 0 Å². The third-order valence-corrected chi connectivity index (χ3v) is 9.03. The van der Waals surface area contributed by atoms with E-state index >= 15 is 0 Å². The Morgan fingerprint density at radius 2 is 2.04 bits per heavy atom. The summed E-state index contributed by atoms with van der Waals surface area (Å²) in [6.45, 7) is 6.02.